The van der Waals surface area contributed by atoms with Crippen LogP contribution in [0.25, 0.3) is 11.5 Å². The van der Waals surface area contributed by atoms with Gasteiger partial charge in [-0.05, 0) is 25.0 Å². The maximum Gasteiger partial charge on any atom is 0.226 e. The lowest BCUT2D eigenvalue weighted by atomic mass is 9.83. The van der Waals surface area contributed by atoms with Gasteiger partial charge in [0.1, 0.15) is 6.26 Å². The highest BCUT2D eigenvalue weighted by Gasteiger charge is 2.24. The molecule has 0 spiro atoms. The summed E-state index contributed by atoms with van der Waals surface area (Å²) in [5, 5.41) is 12.9. The molecular weight excluding hydrogens is 264 g/mol. The summed E-state index contributed by atoms with van der Waals surface area (Å²) in [6.45, 7) is 5.87. The second kappa shape index (κ2) is 7.38. The van der Waals surface area contributed by atoms with Crippen molar-refractivity contribution in [3.63, 3.8) is 0 Å². The van der Waals surface area contributed by atoms with Crippen LogP contribution in [0, 0.1) is 5.41 Å². The molecule has 4 heteroatoms. The standard InChI is InChI=1S/C17H24N2O2/c1-3-17(4-2,13-20)12-18-10-15-11-21-16(19-15)14-8-6-5-7-9-14/h5-9,11,18,20H,3-4,10,12-13H2,1-2H3. The molecule has 1 heterocycles. The molecule has 0 aliphatic carbocycles. The van der Waals surface area contributed by atoms with Gasteiger partial charge in [0.05, 0.1) is 5.69 Å². The number of nitrogens with zero attached hydrogens (tertiary/aromatic N) is 1. The topological polar surface area (TPSA) is 58.3 Å². The van der Waals surface area contributed by atoms with Crippen LogP contribution in [0.5, 0.6) is 0 Å². The minimum atomic E-state index is -0.0357. The van der Waals surface area contributed by atoms with Crippen LogP contribution in [0.2, 0.25) is 0 Å². The summed E-state index contributed by atoms with van der Waals surface area (Å²) < 4.78 is 5.51. The van der Waals surface area contributed by atoms with E-state index in [1.807, 2.05) is 30.3 Å². The third-order valence-corrected chi connectivity index (χ3v) is 4.21. The Morgan fingerprint density at radius 1 is 1.19 bits per heavy atom. The van der Waals surface area contributed by atoms with Crippen molar-refractivity contribution >= 4 is 0 Å². The summed E-state index contributed by atoms with van der Waals surface area (Å²) in [6, 6.07) is 9.87. The first-order valence-corrected chi connectivity index (χ1v) is 7.54. The summed E-state index contributed by atoms with van der Waals surface area (Å²) in [7, 11) is 0. The van der Waals surface area contributed by atoms with E-state index >= 15 is 0 Å². The van der Waals surface area contributed by atoms with Gasteiger partial charge in [0.2, 0.25) is 5.89 Å². The normalized spacial score (nSPS) is 11.8. The van der Waals surface area contributed by atoms with Crippen LogP contribution >= 0.6 is 0 Å². The maximum absolute atomic E-state index is 9.55. The SMILES string of the molecule is CCC(CC)(CO)CNCc1coc(-c2ccccc2)n1. The first-order valence-electron chi connectivity index (χ1n) is 7.54. The number of aliphatic hydroxyl groups is 1. The minimum Gasteiger partial charge on any atom is -0.444 e. The molecule has 2 aromatic rings. The Balaban J connectivity index is 1.92. The van der Waals surface area contributed by atoms with E-state index in [2.05, 4.69) is 24.1 Å². The lowest BCUT2D eigenvalue weighted by Gasteiger charge is -2.29. The molecule has 0 radical (unpaired) electrons. The van der Waals surface area contributed by atoms with E-state index in [-0.39, 0.29) is 12.0 Å². The molecule has 114 valence electrons. The van der Waals surface area contributed by atoms with E-state index in [1.54, 1.807) is 6.26 Å². The fourth-order valence-electron chi connectivity index (χ4n) is 2.34. The van der Waals surface area contributed by atoms with Crippen molar-refractivity contribution in [2.45, 2.75) is 33.2 Å². The van der Waals surface area contributed by atoms with Gasteiger partial charge in [-0.2, -0.15) is 0 Å². The molecule has 1 aromatic carbocycles. The molecule has 0 unspecified atom stereocenters. The average Bonchev–Trinajstić information content (AvgIpc) is 3.02. The Morgan fingerprint density at radius 2 is 1.90 bits per heavy atom. The summed E-state index contributed by atoms with van der Waals surface area (Å²) in [4.78, 5) is 4.49. The largest absolute Gasteiger partial charge is 0.444 e. The van der Waals surface area contributed by atoms with Gasteiger partial charge in [0.25, 0.3) is 0 Å². The van der Waals surface area contributed by atoms with E-state index < -0.39 is 0 Å². The molecule has 21 heavy (non-hydrogen) atoms. The molecule has 0 amide bonds. The fraction of sp³-hybridized carbons (Fsp3) is 0.471. The molecule has 0 fully saturated rings. The number of oxazole rings is 1. The lowest BCUT2D eigenvalue weighted by molar-refractivity contribution is 0.113. The van der Waals surface area contributed by atoms with E-state index in [0.29, 0.717) is 12.4 Å². The van der Waals surface area contributed by atoms with Crippen LogP contribution in [0.3, 0.4) is 0 Å². The highest BCUT2D eigenvalue weighted by Crippen LogP contribution is 2.24. The molecule has 2 N–H and O–H groups in total. The van der Waals surface area contributed by atoms with Crippen molar-refractivity contribution in [3.8, 4) is 11.5 Å². The molecule has 0 saturated heterocycles. The zero-order valence-electron chi connectivity index (χ0n) is 12.8. The van der Waals surface area contributed by atoms with Gasteiger partial charge in [0.15, 0.2) is 0 Å². The zero-order chi connectivity index (χ0) is 15.1. The highest BCUT2D eigenvalue weighted by molar-refractivity contribution is 5.52. The highest BCUT2D eigenvalue weighted by atomic mass is 16.3. The first-order chi connectivity index (χ1) is 10.2. The predicted octanol–water partition coefficient (Wildman–Crippen LogP) is 3.23. The summed E-state index contributed by atoms with van der Waals surface area (Å²) in [5.74, 6) is 0.645. The second-order valence-electron chi connectivity index (χ2n) is 5.48. The molecule has 0 saturated carbocycles. The maximum atomic E-state index is 9.55. The van der Waals surface area contributed by atoms with Gasteiger partial charge < -0.3 is 14.8 Å². The quantitative estimate of drug-likeness (QED) is 0.783. The molecule has 0 aliphatic heterocycles. The van der Waals surface area contributed by atoms with Gasteiger partial charge in [-0.3, -0.25) is 0 Å². The van der Waals surface area contributed by atoms with Crippen LogP contribution in [0.15, 0.2) is 41.0 Å². The van der Waals surface area contributed by atoms with Gasteiger partial charge >= 0.3 is 0 Å². The zero-order valence-corrected chi connectivity index (χ0v) is 12.8. The Morgan fingerprint density at radius 3 is 2.52 bits per heavy atom. The minimum absolute atomic E-state index is 0.0357. The van der Waals surface area contributed by atoms with E-state index in [0.717, 1.165) is 30.6 Å². The number of hydrogen-bond donors (Lipinski definition) is 2. The Labute approximate surface area is 126 Å². The second-order valence-corrected chi connectivity index (χ2v) is 5.48. The van der Waals surface area contributed by atoms with Crippen LogP contribution in [0.4, 0.5) is 0 Å². The Hall–Kier alpha value is -1.65. The third kappa shape index (κ3) is 3.93. The number of aromatic nitrogens is 1. The summed E-state index contributed by atoms with van der Waals surface area (Å²) >= 11 is 0. The third-order valence-electron chi connectivity index (χ3n) is 4.21. The van der Waals surface area contributed by atoms with Crippen molar-refractivity contribution in [2.24, 2.45) is 5.41 Å². The summed E-state index contributed by atoms with van der Waals surface area (Å²) in [6.07, 6.45) is 3.61. The van der Waals surface area contributed by atoms with Crippen molar-refractivity contribution in [2.75, 3.05) is 13.2 Å². The Bertz CT molecular complexity index is 524. The predicted molar refractivity (Wildman–Crippen MR) is 83.7 cm³/mol. The van der Waals surface area contributed by atoms with Gasteiger partial charge in [-0.15, -0.1) is 0 Å². The van der Waals surface area contributed by atoms with E-state index in [9.17, 15) is 5.11 Å². The van der Waals surface area contributed by atoms with Crippen molar-refractivity contribution in [1.82, 2.24) is 10.3 Å². The van der Waals surface area contributed by atoms with Crippen molar-refractivity contribution < 1.29 is 9.52 Å². The van der Waals surface area contributed by atoms with Crippen molar-refractivity contribution in [3.05, 3.63) is 42.3 Å². The average molecular weight is 288 g/mol. The molecule has 4 nitrogen and oxygen atoms in total. The fourth-order valence-corrected chi connectivity index (χ4v) is 2.34. The lowest BCUT2D eigenvalue weighted by Crippen LogP contribution is -2.36. The van der Waals surface area contributed by atoms with E-state index in [4.69, 9.17) is 4.42 Å². The molecule has 0 aliphatic rings. The number of hydrogen-bond acceptors (Lipinski definition) is 4. The monoisotopic (exact) mass is 288 g/mol. The van der Waals surface area contributed by atoms with Gasteiger partial charge in [-0.1, -0.05) is 32.0 Å². The van der Waals surface area contributed by atoms with Gasteiger partial charge in [0, 0.05) is 30.7 Å². The molecule has 2 rings (SSSR count). The van der Waals surface area contributed by atoms with E-state index in [1.165, 1.54) is 0 Å². The summed E-state index contributed by atoms with van der Waals surface area (Å²) in [5.41, 5.74) is 1.83. The number of rotatable bonds is 8. The number of aliphatic hydroxyl groups excluding tert-OH is 1. The number of nitrogens with one attached hydrogen (secondary N) is 1. The van der Waals surface area contributed by atoms with Crippen LogP contribution in [-0.2, 0) is 6.54 Å². The van der Waals surface area contributed by atoms with Crippen LogP contribution in [0.1, 0.15) is 32.4 Å². The first kappa shape index (κ1) is 15.7. The Kier molecular flexibility index (Phi) is 5.53. The molecule has 1 aromatic heterocycles. The van der Waals surface area contributed by atoms with Crippen molar-refractivity contribution in [1.29, 1.82) is 0 Å². The number of benzene rings is 1. The molecule has 0 atom stereocenters. The van der Waals surface area contributed by atoms with Crippen LogP contribution in [-0.4, -0.2) is 23.2 Å². The molecule has 0 bridgehead atoms. The van der Waals surface area contributed by atoms with Gasteiger partial charge in [-0.25, -0.2) is 4.98 Å². The smallest absolute Gasteiger partial charge is 0.226 e. The molecular formula is C17H24N2O2. The van der Waals surface area contributed by atoms with Crippen LogP contribution < -0.4 is 5.32 Å².